The summed E-state index contributed by atoms with van der Waals surface area (Å²) < 4.78 is 5.82. The number of halogens is 1. The van der Waals surface area contributed by atoms with Gasteiger partial charge in [0.2, 0.25) is 5.91 Å². The maximum atomic E-state index is 13.4. The third kappa shape index (κ3) is 5.81. The number of rotatable bonds is 7. The Hall–Kier alpha value is -3.87. The van der Waals surface area contributed by atoms with Crippen molar-refractivity contribution in [2.45, 2.75) is 25.3 Å². The van der Waals surface area contributed by atoms with E-state index in [1.807, 2.05) is 30.3 Å². The standard InChI is InChI=1S/C28H25ClN6O4S.H2S/c29-12-10-22(36)34-14-4-5-17(16-34)32-26(37)25-24-23-20(11-13-30-27(23)40-25)35(28(38)33-24)21-9-8-19(15-31-21)39-18-6-2-1-3-7-18;/h1-3,6-9,11,13,15,17H,4-5,10,12,14,16H2,(H,32,37)(H,33,38);1H2/t17-;/m0./s1. The molecule has 13 heteroatoms. The van der Waals surface area contributed by atoms with Gasteiger partial charge >= 0.3 is 6.03 Å². The summed E-state index contributed by atoms with van der Waals surface area (Å²) >= 11 is 6.95. The molecule has 41 heavy (non-hydrogen) atoms. The Kier molecular flexibility index (Phi) is 8.62. The zero-order valence-electron chi connectivity index (χ0n) is 21.8. The van der Waals surface area contributed by atoms with Crippen LogP contribution in [0.25, 0.3) is 10.2 Å². The molecule has 1 aromatic carbocycles. The van der Waals surface area contributed by atoms with Gasteiger partial charge in [0.15, 0.2) is 0 Å². The average Bonchev–Trinajstić information content (AvgIpc) is 3.34. The van der Waals surface area contributed by atoms with Crippen molar-refractivity contribution in [1.82, 2.24) is 20.2 Å². The number of piperidine rings is 1. The highest BCUT2D eigenvalue weighted by Crippen LogP contribution is 2.45. The lowest BCUT2D eigenvalue weighted by Crippen LogP contribution is -2.49. The van der Waals surface area contributed by atoms with Gasteiger partial charge in [-0.25, -0.2) is 19.7 Å². The number of likely N-dealkylation sites (tertiary alicyclic amines) is 1. The molecule has 0 aliphatic carbocycles. The fraction of sp³-hybridized carbons (Fsp3) is 0.250. The number of carbonyl (C=O) groups is 3. The molecule has 0 saturated carbocycles. The summed E-state index contributed by atoms with van der Waals surface area (Å²) in [6, 6.07) is 13.9. The number of aromatic nitrogens is 2. The summed E-state index contributed by atoms with van der Waals surface area (Å²) in [5.74, 6) is 1.56. The first-order valence-corrected chi connectivity index (χ1v) is 14.2. The van der Waals surface area contributed by atoms with E-state index in [1.165, 1.54) is 16.2 Å². The molecule has 1 atom stereocenters. The molecule has 212 valence electrons. The van der Waals surface area contributed by atoms with Crippen LogP contribution in [-0.2, 0) is 4.79 Å². The number of anilines is 3. The topological polar surface area (TPSA) is 117 Å². The van der Waals surface area contributed by atoms with Gasteiger partial charge in [0.25, 0.3) is 5.91 Å². The predicted octanol–water partition coefficient (Wildman–Crippen LogP) is 5.63. The van der Waals surface area contributed by atoms with E-state index in [1.54, 1.807) is 35.5 Å². The smallest absolute Gasteiger partial charge is 0.332 e. The van der Waals surface area contributed by atoms with Gasteiger partial charge in [-0.15, -0.1) is 22.9 Å². The normalized spacial score (nSPS) is 16.1. The van der Waals surface area contributed by atoms with E-state index in [0.29, 0.717) is 56.9 Å². The van der Waals surface area contributed by atoms with Gasteiger partial charge in [-0.3, -0.25) is 9.59 Å². The van der Waals surface area contributed by atoms with Gasteiger partial charge in [0, 0.05) is 37.6 Å². The monoisotopic (exact) mass is 610 g/mol. The lowest BCUT2D eigenvalue weighted by atomic mass is 10.0. The summed E-state index contributed by atoms with van der Waals surface area (Å²) in [5.41, 5.74) is 1.01. The Morgan fingerprint density at radius 1 is 1.12 bits per heavy atom. The summed E-state index contributed by atoms with van der Waals surface area (Å²) in [5, 5.41) is 6.61. The summed E-state index contributed by atoms with van der Waals surface area (Å²) in [7, 11) is 0. The third-order valence-electron chi connectivity index (χ3n) is 6.80. The molecule has 1 fully saturated rings. The Morgan fingerprint density at radius 3 is 2.71 bits per heavy atom. The van der Waals surface area contributed by atoms with Crippen molar-refractivity contribution in [3.05, 3.63) is 65.8 Å². The molecule has 5 heterocycles. The van der Waals surface area contributed by atoms with Crippen LogP contribution in [0.1, 0.15) is 28.9 Å². The Balaban J connectivity index is 0.00000337. The number of para-hydroxylation sites is 1. The number of benzene rings is 1. The lowest BCUT2D eigenvalue weighted by Gasteiger charge is -2.33. The van der Waals surface area contributed by atoms with Gasteiger partial charge in [-0.05, 0) is 43.2 Å². The molecule has 4 aromatic rings. The van der Waals surface area contributed by atoms with Crippen molar-refractivity contribution in [2.75, 3.05) is 29.2 Å². The molecule has 0 unspecified atom stereocenters. The number of thiophene rings is 1. The first-order valence-electron chi connectivity index (χ1n) is 12.9. The number of carbonyl (C=O) groups excluding carboxylic acids is 3. The van der Waals surface area contributed by atoms with E-state index in [-0.39, 0.29) is 43.7 Å². The fourth-order valence-electron chi connectivity index (χ4n) is 4.97. The number of nitrogens with one attached hydrogen (secondary N) is 2. The number of pyridine rings is 2. The largest absolute Gasteiger partial charge is 0.456 e. The number of nitrogens with zero attached hydrogens (tertiary/aromatic N) is 4. The van der Waals surface area contributed by atoms with Crippen molar-refractivity contribution in [3.63, 3.8) is 0 Å². The zero-order valence-corrected chi connectivity index (χ0v) is 24.4. The van der Waals surface area contributed by atoms with E-state index in [0.717, 1.165) is 12.8 Å². The van der Waals surface area contributed by atoms with E-state index in [9.17, 15) is 14.4 Å². The quantitative estimate of drug-likeness (QED) is 0.262. The molecule has 2 aliphatic heterocycles. The second kappa shape index (κ2) is 12.3. The van der Waals surface area contributed by atoms with Crippen molar-refractivity contribution < 1.29 is 19.1 Å². The van der Waals surface area contributed by atoms with Crippen LogP contribution in [0.5, 0.6) is 11.5 Å². The molecule has 4 amide bonds. The fourth-order valence-corrected chi connectivity index (χ4v) is 6.16. The molecule has 0 bridgehead atoms. The number of ether oxygens (including phenoxy) is 1. The molecule has 0 radical (unpaired) electrons. The number of alkyl halides is 1. The van der Waals surface area contributed by atoms with Gasteiger partial charge in [-0.2, -0.15) is 13.5 Å². The van der Waals surface area contributed by atoms with E-state index >= 15 is 0 Å². The average molecular weight is 611 g/mol. The first kappa shape index (κ1) is 28.7. The Labute approximate surface area is 252 Å². The van der Waals surface area contributed by atoms with Crippen LogP contribution in [0.3, 0.4) is 0 Å². The zero-order chi connectivity index (χ0) is 27.6. The van der Waals surface area contributed by atoms with Crippen LogP contribution in [0.2, 0.25) is 0 Å². The number of hydrogen-bond acceptors (Lipinski definition) is 7. The van der Waals surface area contributed by atoms with Crippen LogP contribution in [0, 0.1) is 0 Å². The van der Waals surface area contributed by atoms with Crippen molar-refractivity contribution >= 4 is 81.7 Å². The second-order valence-corrected chi connectivity index (χ2v) is 10.8. The molecule has 2 N–H and O–H groups in total. The van der Waals surface area contributed by atoms with Crippen molar-refractivity contribution in [3.8, 4) is 11.5 Å². The molecule has 2 aliphatic rings. The van der Waals surface area contributed by atoms with Crippen LogP contribution < -0.4 is 20.3 Å². The molecule has 3 aromatic heterocycles. The third-order valence-corrected chi connectivity index (χ3v) is 8.08. The van der Waals surface area contributed by atoms with Crippen LogP contribution in [0.15, 0.2) is 60.9 Å². The minimum Gasteiger partial charge on any atom is -0.456 e. The summed E-state index contributed by atoms with van der Waals surface area (Å²) in [6.45, 7) is 1.09. The van der Waals surface area contributed by atoms with Crippen LogP contribution >= 0.6 is 36.4 Å². The highest BCUT2D eigenvalue weighted by molar-refractivity contribution is 7.59. The maximum absolute atomic E-state index is 13.4. The Morgan fingerprint density at radius 2 is 1.95 bits per heavy atom. The highest BCUT2D eigenvalue weighted by Gasteiger charge is 2.34. The first-order chi connectivity index (χ1) is 19.5. The molecular weight excluding hydrogens is 584 g/mol. The predicted molar refractivity (Wildman–Crippen MR) is 164 cm³/mol. The Bertz CT molecular complexity index is 1580. The van der Waals surface area contributed by atoms with Crippen molar-refractivity contribution in [2.24, 2.45) is 0 Å². The van der Waals surface area contributed by atoms with Crippen molar-refractivity contribution in [1.29, 1.82) is 0 Å². The summed E-state index contributed by atoms with van der Waals surface area (Å²) in [6.07, 6.45) is 4.99. The number of urea groups is 1. The van der Waals surface area contributed by atoms with E-state index in [4.69, 9.17) is 16.3 Å². The minimum absolute atomic E-state index is 0. The van der Waals surface area contributed by atoms with Gasteiger partial charge in [0.1, 0.15) is 27.0 Å². The van der Waals surface area contributed by atoms with Gasteiger partial charge in [-0.1, -0.05) is 18.2 Å². The van der Waals surface area contributed by atoms with Gasteiger partial charge in [0.05, 0.1) is 23.0 Å². The maximum Gasteiger partial charge on any atom is 0.332 e. The van der Waals surface area contributed by atoms with E-state index < -0.39 is 6.03 Å². The molecule has 10 nitrogen and oxygen atoms in total. The lowest BCUT2D eigenvalue weighted by molar-refractivity contribution is -0.132. The SMILES string of the molecule is O=C(N[C@H]1CCCN(C(=O)CCCl)C1)c1sc2nccc3c2c1NC(=O)N3c1ccc(Oc2ccccc2)cn1.S. The number of hydrogen-bond donors (Lipinski definition) is 2. The molecular formula is C28H27ClN6O4S2. The second-order valence-electron chi connectivity index (χ2n) is 9.44. The number of amides is 4. The minimum atomic E-state index is -0.438. The molecule has 6 rings (SSSR count). The molecule has 0 spiro atoms. The van der Waals surface area contributed by atoms with Crippen LogP contribution in [0.4, 0.5) is 22.0 Å². The van der Waals surface area contributed by atoms with E-state index in [2.05, 4.69) is 20.6 Å². The molecule has 1 saturated heterocycles. The highest BCUT2D eigenvalue weighted by atomic mass is 35.5. The van der Waals surface area contributed by atoms with Crippen LogP contribution in [-0.4, -0.2) is 57.7 Å². The van der Waals surface area contributed by atoms with Gasteiger partial charge < -0.3 is 20.3 Å². The summed E-state index contributed by atoms with van der Waals surface area (Å²) in [4.78, 5) is 52.2.